The van der Waals surface area contributed by atoms with Crippen molar-refractivity contribution in [1.29, 1.82) is 0 Å². The van der Waals surface area contributed by atoms with E-state index in [1.807, 2.05) is 37.3 Å². The van der Waals surface area contributed by atoms with Crippen molar-refractivity contribution in [2.75, 3.05) is 27.9 Å². The average molecular weight is 495 g/mol. The number of rotatable bonds is 8. The molecule has 2 unspecified atom stereocenters. The van der Waals surface area contributed by atoms with Crippen molar-refractivity contribution < 1.29 is 19.0 Å². The van der Waals surface area contributed by atoms with Gasteiger partial charge in [-0.3, -0.25) is 9.69 Å². The van der Waals surface area contributed by atoms with E-state index in [0.717, 1.165) is 30.8 Å². The van der Waals surface area contributed by atoms with E-state index in [2.05, 4.69) is 28.4 Å². The zero-order chi connectivity index (χ0) is 24.9. The highest BCUT2D eigenvalue weighted by Crippen LogP contribution is 2.40. The third kappa shape index (κ3) is 5.39. The molecule has 0 saturated carbocycles. The van der Waals surface area contributed by atoms with Gasteiger partial charge in [-0.1, -0.05) is 35.9 Å². The topological polar surface area (TPSA) is 60.0 Å². The van der Waals surface area contributed by atoms with Gasteiger partial charge < -0.3 is 19.5 Å². The Hall–Kier alpha value is -3.22. The lowest BCUT2D eigenvalue weighted by molar-refractivity contribution is 0.0877. The van der Waals surface area contributed by atoms with Crippen LogP contribution in [0.2, 0.25) is 5.02 Å². The minimum absolute atomic E-state index is 0.0768. The Bertz CT molecular complexity index is 1180. The van der Waals surface area contributed by atoms with E-state index in [9.17, 15) is 4.79 Å². The van der Waals surface area contributed by atoms with E-state index in [1.54, 1.807) is 33.5 Å². The molecule has 0 saturated heterocycles. The first kappa shape index (κ1) is 24.9. The summed E-state index contributed by atoms with van der Waals surface area (Å²) in [6, 6.07) is 19.0. The summed E-state index contributed by atoms with van der Waals surface area (Å²) in [6.07, 6.45) is 0.869. The van der Waals surface area contributed by atoms with Crippen LogP contribution in [0.1, 0.15) is 40.0 Å². The van der Waals surface area contributed by atoms with Crippen molar-refractivity contribution in [2.24, 2.45) is 0 Å². The van der Waals surface area contributed by atoms with Crippen molar-refractivity contribution >= 4 is 17.5 Å². The first-order valence-corrected chi connectivity index (χ1v) is 12.0. The summed E-state index contributed by atoms with van der Waals surface area (Å²) in [4.78, 5) is 15.5. The Morgan fingerprint density at radius 3 is 2.37 bits per heavy atom. The van der Waals surface area contributed by atoms with Crippen LogP contribution in [-0.2, 0) is 13.0 Å². The fourth-order valence-electron chi connectivity index (χ4n) is 4.77. The van der Waals surface area contributed by atoms with Gasteiger partial charge in [0.25, 0.3) is 5.91 Å². The number of nitrogens with zero attached hydrogens (tertiary/aromatic N) is 1. The molecule has 6 nitrogen and oxygen atoms in total. The maximum absolute atomic E-state index is 13.1. The molecule has 0 spiro atoms. The lowest BCUT2D eigenvalue weighted by atomic mass is 9.87. The lowest BCUT2D eigenvalue weighted by Gasteiger charge is -2.41. The molecule has 1 aliphatic rings. The van der Waals surface area contributed by atoms with E-state index in [0.29, 0.717) is 22.1 Å². The van der Waals surface area contributed by atoms with Gasteiger partial charge in [0.2, 0.25) is 0 Å². The van der Waals surface area contributed by atoms with Gasteiger partial charge in [-0.05, 0) is 66.4 Å². The van der Waals surface area contributed by atoms with Crippen LogP contribution >= 0.6 is 11.6 Å². The smallest absolute Gasteiger partial charge is 0.253 e. The van der Waals surface area contributed by atoms with Gasteiger partial charge in [-0.25, -0.2) is 0 Å². The third-order valence-electron chi connectivity index (χ3n) is 6.52. The minimum Gasteiger partial charge on any atom is -0.497 e. The van der Waals surface area contributed by atoms with Gasteiger partial charge in [0.05, 0.1) is 38.0 Å². The molecule has 3 aromatic rings. The van der Waals surface area contributed by atoms with Gasteiger partial charge in [0.15, 0.2) is 11.5 Å². The number of amides is 1. The SMILES string of the molecule is COc1ccc(CN2CCc3cc(OC)c(OC)cc3C2C(C)NC(=O)c2ccccc2Cl)cc1. The summed E-state index contributed by atoms with van der Waals surface area (Å²) in [7, 11) is 4.95. The molecule has 2 atom stereocenters. The highest BCUT2D eigenvalue weighted by Gasteiger charge is 2.34. The molecule has 3 aromatic carbocycles. The summed E-state index contributed by atoms with van der Waals surface area (Å²) in [6.45, 7) is 3.60. The highest BCUT2D eigenvalue weighted by molar-refractivity contribution is 6.33. The van der Waals surface area contributed by atoms with Gasteiger partial charge in [-0.2, -0.15) is 0 Å². The van der Waals surface area contributed by atoms with Crippen molar-refractivity contribution in [3.05, 3.63) is 87.9 Å². The number of ether oxygens (including phenoxy) is 3. The zero-order valence-corrected chi connectivity index (χ0v) is 21.3. The molecule has 0 fully saturated rings. The molecule has 0 aliphatic carbocycles. The van der Waals surface area contributed by atoms with Gasteiger partial charge in [0.1, 0.15) is 5.75 Å². The van der Waals surface area contributed by atoms with Gasteiger partial charge in [0, 0.05) is 19.1 Å². The number of halogens is 1. The maximum Gasteiger partial charge on any atom is 0.253 e. The number of nitrogens with one attached hydrogen (secondary N) is 1. The van der Waals surface area contributed by atoms with Crippen LogP contribution in [0.4, 0.5) is 0 Å². The molecule has 184 valence electrons. The Balaban J connectivity index is 1.68. The highest BCUT2D eigenvalue weighted by atomic mass is 35.5. The van der Waals surface area contributed by atoms with E-state index in [-0.39, 0.29) is 18.0 Å². The summed E-state index contributed by atoms with van der Waals surface area (Å²) in [5.41, 5.74) is 3.95. The molecule has 1 aliphatic heterocycles. The molecule has 7 heteroatoms. The molecule has 1 N–H and O–H groups in total. The van der Waals surface area contributed by atoms with Crippen LogP contribution in [-0.4, -0.2) is 44.7 Å². The van der Waals surface area contributed by atoms with Crippen LogP contribution in [0.15, 0.2) is 60.7 Å². The van der Waals surface area contributed by atoms with E-state index in [4.69, 9.17) is 25.8 Å². The number of hydrogen-bond acceptors (Lipinski definition) is 5. The third-order valence-corrected chi connectivity index (χ3v) is 6.85. The predicted octanol–water partition coefficient (Wildman–Crippen LogP) is 5.28. The molecule has 35 heavy (non-hydrogen) atoms. The molecule has 0 radical (unpaired) electrons. The van der Waals surface area contributed by atoms with Crippen molar-refractivity contribution in [3.8, 4) is 17.2 Å². The maximum atomic E-state index is 13.1. The standard InChI is InChI=1S/C28H31ClN2O4/c1-18(30-28(32)22-7-5-6-8-24(22)29)27-23-16-26(35-4)25(34-3)15-20(23)13-14-31(27)17-19-9-11-21(33-2)12-10-19/h5-12,15-16,18,27H,13-14,17H2,1-4H3,(H,30,32). The molecular weight excluding hydrogens is 464 g/mol. The lowest BCUT2D eigenvalue weighted by Crippen LogP contribution is -2.47. The van der Waals surface area contributed by atoms with E-state index in [1.165, 1.54) is 11.1 Å². The zero-order valence-electron chi connectivity index (χ0n) is 20.5. The molecule has 4 rings (SSSR count). The normalized spacial score (nSPS) is 16.2. The summed E-state index contributed by atoms with van der Waals surface area (Å²) < 4.78 is 16.5. The molecule has 1 heterocycles. The first-order valence-electron chi connectivity index (χ1n) is 11.6. The Kier molecular flexibility index (Phi) is 7.83. The van der Waals surface area contributed by atoms with E-state index < -0.39 is 0 Å². The Morgan fingerprint density at radius 1 is 1.03 bits per heavy atom. The molecular formula is C28H31ClN2O4. The summed E-state index contributed by atoms with van der Waals surface area (Å²) in [5.74, 6) is 2.01. The predicted molar refractivity (Wildman–Crippen MR) is 138 cm³/mol. The summed E-state index contributed by atoms with van der Waals surface area (Å²) >= 11 is 6.29. The number of fused-ring (bicyclic) bond motifs is 1. The van der Waals surface area contributed by atoms with Crippen molar-refractivity contribution in [1.82, 2.24) is 10.2 Å². The van der Waals surface area contributed by atoms with Gasteiger partial charge >= 0.3 is 0 Å². The Labute approximate surface area is 211 Å². The minimum atomic E-state index is -0.200. The first-order chi connectivity index (χ1) is 16.9. The van der Waals surface area contributed by atoms with Crippen LogP contribution in [0.3, 0.4) is 0 Å². The van der Waals surface area contributed by atoms with Crippen molar-refractivity contribution in [3.63, 3.8) is 0 Å². The number of benzene rings is 3. The molecule has 0 aromatic heterocycles. The second-order valence-electron chi connectivity index (χ2n) is 8.66. The monoisotopic (exact) mass is 494 g/mol. The number of carbonyl (C=O) groups is 1. The average Bonchev–Trinajstić information content (AvgIpc) is 2.88. The van der Waals surface area contributed by atoms with E-state index >= 15 is 0 Å². The second-order valence-corrected chi connectivity index (χ2v) is 9.07. The largest absolute Gasteiger partial charge is 0.497 e. The van der Waals surface area contributed by atoms with Crippen molar-refractivity contribution in [2.45, 2.75) is 32.0 Å². The number of methoxy groups -OCH3 is 3. The molecule has 1 amide bonds. The Morgan fingerprint density at radius 2 is 1.71 bits per heavy atom. The second kappa shape index (κ2) is 11.0. The van der Waals surface area contributed by atoms with Crippen LogP contribution < -0.4 is 19.5 Å². The molecule has 0 bridgehead atoms. The van der Waals surface area contributed by atoms with Crippen LogP contribution in [0.25, 0.3) is 0 Å². The summed E-state index contributed by atoms with van der Waals surface area (Å²) in [5, 5.41) is 3.62. The quantitative estimate of drug-likeness (QED) is 0.461. The number of hydrogen-bond donors (Lipinski definition) is 1. The van der Waals surface area contributed by atoms with Crippen LogP contribution in [0, 0.1) is 0 Å². The fraction of sp³-hybridized carbons (Fsp3) is 0.321. The van der Waals surface area contributed by atoms with Gasteiger partial charge in [-0.15, -0.1) is 0 Å². The van der Waals surface area contributed by atoms with Crippen LogP contribution in [0.5, 0.6) is 17.2 Å². The fourth-order valence-corrected chi connectivity index (χ4v) is 4.99. The number of carbonyl (C=O) groups excluding carboxylic acids is 1.